The minimum Gasteiger partial charge on any atom is -0.324 e. The molecule has 140 valence electrons. The Morgan fingerprint density at radius 3 is 2.56 bits per heavy atom. The van der Waals surface area contributed by atoms with Gasteiger partial charge in [-0.05, 0) is 43.7 Å². The van der Waals surface area contributed by atoms with Gasteiger partial charge in [0, 0.05) is 20.2 Å². The Morgan fingerprint density at radius 1 is 1.19 bits per heavy atom. The molecule has 1 unspecified atom stereocenters. The molecule has 0 aliphatic carbocycles. The molecule has 2 aromatic carbocycles. The van der Waals surface area contributed by atoms with Gasteiger partial charge < -0.3 is 10.6 Å². The molecular weight excluding hydrogens is 478 g/mol. The van der Waals surface area contributed by atoms with Crippen molar-refractivity contribution >= 4 is 55.4 Å². The number of benzene rings is 2. The Balaban J connectivity index is 1.78. The summed E-state index contributed by atoms with van der Waals surface area (Å²) in [6, 6.07) is 12.0. The van der Waals surface area contributed by atoms with E-state index < -0.39 is 23.4 Å². The number of aryl methyl sites for hydroxylation is 1. The Hall–Kier alpha value is -2.19. The third-order valence-electron chi connectivity index (χ3n) is 4.45. The second kappa shape index (κ2) is 7.44. The molecule has 2 N–H and O–H groups in total. The van der Waals surface area contributed by atoms with Crippen molar-refractivity contribution in [1.29, 1.82) is 0 Å². The molecule has 1 atom stereocenters. The van der Waals surface area contributed by atoms with Crippen LogP contribution in [0.5, 0.6) is 0 Å². The van der Waals surface area contributed by atoms with Crippen molar-refractivity contribution in [2.24, 2.45) is 0 Å². The Bertz CT molecular complexity index is 948. The Labute approximate surface area is 173 Å². The van der Waals surface area contributed by atoms with E-state index in [-0.39, 0.29) is 6.54 Å². The molecule has 1 saturated heterocycles. The van der Waals surface area contributed by atoms with E-state index in [1.165, 1.54) is 0 Å². The number of halogens is 2. The molecule has 0 aromatic heterocycles. The average molecular weight is 495 g/mol. The maximum Gasteiger partial charge on any atom is 0.325 e. The number of hydrogen-bond acceptors (Lipinski definition) is 3. The highest BCUT2D eigenvalue weighted by atomic mass is 79.9. The van der Waals surface area contributed by atoms with Gasteiger partial charge in [-0.15, -0.1) is 0 Å². The average Bonchev–Trinajstić information content (AvgIpc) is 2.82. The lowest BCUT2D eigenvalue weighted by molar-refractivity contribution is -0.133. The van der Waals surface area contributed by atoms with Crippen LogP contribution < -0.4 is 10.6 Å². The van der Waals surface area contributed by atoms with Gasteiger partial charge in [-0.25, -0.2) is 4.79 Å². The number of urea groups is 1. The van der Waals surface area contributed by atoms with E-state index in [1.54, 1.807) is 37.3 Å². The van der Waals surface area contributed by atoms with Gasteiger partial charge in [0.05, 0.1) is 0 Å². The van der Waals surface area contributed by atoms with Gasteiger partial charge in [0.25, 0.3) is 5.91 Å². The molecule has 8 heteroatoms. The van der Waals surface area contributed by atoms with Crippen LogP contribution in [0.1, 0.15) is 18.1 Å². The van der Waals surface area contributed by atoms with Crippen LogP contribution in [0.3, 0.4) is 0 Å². The summed E-state index contributed by atoms with van der Waals surface area (Å²) >= 11 is 6.78. The normalized spacial score (nSPS) is 19.2. The minimum atomic E-state index is -1.23. The molecule has 3 rings (SSSR count). The predicted octanol–water partition coefficient (Wildman–Crippen LogP) is 3.93. The summed E-state index contributed by atoms with van der Waals surface area (Å²) in [6.45, 7) is 3.13. The van der Waals surface area contributed by atoms with Crippen LogP contribution in [0.2, 0.25) is 0 Å². The van der Waals surface area contributed by atoms with E-state index in [9.17, 15) is 14.4 Å². The number of carbonyl (C=O) groups excluding carboxylic acids is 3. The number of hydrogen-bond donors (Lipinski definition) is 2. The first-order valence-corrected chi connectivity index (χ1v) is 9.76. The molecule has 0 bridgehead atoms. The second-order valence-electron chi connectivity index (χ2n) is 6.43. The van der Waals surface area contributed by atoms with Crippen molar-refractivity contribution in [3.8, 4) is 0 Å². The number of carbonyl (C=O) groups is 3. The third-order valence-corrected chi connectivity index (χ3v) is 5.64. The van der Waals surface area contributed by atoms with Crippen LogP contribution in [0, 0.1) is 6.92 Å². The van der Waals surface area contributed by atoms with E-state index in [2.05, 4.69) is 42.5 Å². The number of rotatable bonds is 4. The minimum absolute atomic E-state index is 0.361. The molecule has 27 heavy (non-hydrogen) atoms. The van der Waals surface area contributed by atoms with Gasteiger partial charge in [-0.3, -0.25) is 14.5 Å². The molecule has 0 spiro atoms. The van der Waals surface area contributed by atoms with Crippen LogP contribution in [0.25, 0.3) is 0 Å². The predicted molar refractivity (Wildman–Crippen MR) is 109 cm³/mol. The van der Waals surface area contributed by atoms with Gasteiger partial charge in [-0.1, -0.05) is 50.1 Å². The lowest BCUT2D eigenvalue weighted by atomic mass is 9.92. The zero-order chi connectivity index (χ0) is 19.8. The zero-order valence-electron chi connectivity index (χ0n) is 14.7. The number of amides is 4. The van der Waals surface area contributed by atoms with Crippen LogP contribution in [0.15, 0.2) is 51.4 Å². The van der Waals surface area contributed by atoms with Gasteiger partial charge in [0.2, 0.25) is 5.91 Å². The number of imide groups is 1. The highest BCUT2D eigenvalue weighted by molar-refractivity contribution is 9.10. The fourth-order valence-corrected chi connectivity index (χ4v) is 4.15. The highest BCUT2D eigenvalue weighted by Crippen LogP contribution is 2.33. The molecule has 6 nitrogen and oxygen atoms in total. The van der Waals surface area contributed by atoms with Gasteiger partial charge >= 0.3 is 6.03 Å². The lowest BCUT2D eigenvalue weighted by Gasteiger charge is -2.23. The van der Waals surface area contributed by atoms with Crippen LogP contribution in [-0.4, -0.2) is 29.3 Å². The van der Waals surface area contributed by atoms with Crippen molar-refractivity contribution in [1.82, 2.24) is 10.2 Å². The third kappa shape index (κ3) is 3.77. The monoisotopic (exact) mass is 493 g/mol. The van der Waals surface area contributed by atoms with Crippen LogP contribution >= 0.6 is 31.9 Å². The summed E-state index contributed by atoms with van der Waals surface area (Å²) in [5.74, 6) is -0.914. The molecule has 2 aromatic rings. The van der Waals surface area contributed by atoms with E-state index in [1.807, 2.05) is 19.1 Å². The molecular formula is C19H17Br2N3O3. The van der Waals surface area contributed by atoms with Crippen LogP contribution in [-0.2, 0) is 15.1 Å². The molecule has 1 heterocycles. The summed E-state index contributed by atoms with van der Waals surface area (Å²) in [4.78, 5) is 38.6. The highest BCUT2D eigenvalue weighted by Gasteiger charge is 2.50. The fraction of sp³-hybridized carbons (Fsp3) is 0.211. The molecule has 0 radical (unpaired) electrons. The first kappa shape index (κ1) is 19.6. The molecule has 1 aliphatic rings. The summed E-state index contributed by atoms with van der Waals surface area (Å²) in [6.07, 6.45) is 0. The largest absolute Gasteiger partial charge is 0.325 e. The fourth-order valence-electron chi connectivity index (χ4n) is 2.99. The van der Waals surface area contributed by atoms with Crippen molar-refractivity contribution in [3.05, 3.63) is 62.5 Å². The maximum atomic E-state index is 12.9. The van der Waals surface area contributed by atoms with Gasteiger partial charge in [0.1, 0.15) is 12.1 Å². The summed E-state index contributed by atoms with van der Waals surface area (Å²) in [5, 5.41) is 5.44. The number of anilines is 1. The Morgan fingerprint density at radius 2 is 1.89 bits per heavy atom. The SMILES string of the molecule is Cc1cc(Br)ccc1NC(=O)CN1C(=O)NC(C)(c2ccccc2Br)C1=O. The van der Waals surface area contributed by atoms with E-state index in [0.29, 0.717) is 15.7 Å². The zero-order valence-corrected chi connectivity index (χ0v) is 17.8. The van der Waals surface area contributed by atoms with Crippen molar-refractivity contribution < 1.29 is 14.4 Å². The van der Waals surface area contributed by atoms with Crippen molar-refractivity contribution in [3.63, 3.8) is 0 Å². The van der Waals surface area contributed by atoms with E-state index in [4.69, 9.17) is 0 Å². The summed E-state index contributed by atoms with van der Waals surface area (Å²) < 4.78 is 1.61. The molecule has 0 saturated carbocycles. The van der Waals surface area contributed by atoms with Gasteiger partial charge in [0.15, 0.2) is 0 Å². The van der Waals surface area contributed by atoms with Crippen LogP contribution in [0.4, 0.5) is 10.5 Å². The quantitative estimate of drug-likeness (QED) is 0.632. The first-order valence-electron chi connectivity index (χ1n) is 8.17. The smallest absolute Gasteiger partial charge is 0.324 e. The molecule has 4 amide bonds. The van der Waals surface area contributed by atoms with Crippen molar-refractivity contribution in [2.75, 3.05) is 11.9 Å². The lowest BCUT2D eigenvalue weighted by Crippen LogP contribution is -2.42. The standard InChI is InChI=1S/C19H17Br2N3O3/c1-11-9-12(20)7-8-15(11)22-16(25)10-24-17(26)19(2,23-18(24)27)13-5-3-4-6-14(13)21/h3-9H,10H2,1-2H3,(H,22,25)(H,23,27). The van der Waals surface area contributed by atoms with Crippen molar-refractivity contribution in [2.45, 2.75) is 19.4 Å². The van der Waals surface area contributed by atoms with E-state index >= 15 is 0 Å². The van der Waals surface area contributed by atoms with Gasteiger partial charge in [-0.2, -0.15) is 0 Å². The summed E-state index contributed by atoms with van der Waals surface area (Å²) in [7, 11) is 0. The number of nitrogens with one attached hydrogen (secondary N) is 2. The topological polar surface area (TPSA) is 78.5 Å². The first-order chi connectivity index (χ1) is 12.7. The second-order valence-corrected chi connectivity index (χ2v) is 8.20. The van der Waals surface area contributed by atoms with E-state index in [0.717, 1.165) is 14.9 Å². The Kier molecular flexibility index (Phi) is 5.39. The molecule has 1 aliphatic heterocycles. The maximum absolute atomic E-state index is 12.9. The number of nitrogens with zero attached hydrogens (tertiary/aromatic N) is 1. The molecule has 1 fully saturated rings. The summed E-state index contributed by atoms with van der Waals surface area (Å²) in [5.41, 5.74) is 0.900.